The molecule has 0 saturated carbocycles. The number of rotatable bonds is 3. The maximum absolute atomic E-state index is 13.3. The summed E-state index contributed by atoms with van der Waals surface area (Å²) in [6.45, 7) is 0. The van der Waals surface area contributed by atoms with Crippen LogP contribution in [-0.4, -0.2) is 9.91 Å². The lowest BCUT2D eigenvalue weighted by molar-refractivity contribution is -0.384. The Morgan fingerprint density at radius 2 is 1.81 bits per heavy atom. The second kappa shape index (κ2) is 6.08. The molecule has 0 fully saturated rings. The molecule has 0 bridgehead atoms. The van der Waals surface area contributed by atoms with Gasteiger partial charge in [-0.25, -0.2) is 0 Å². The summed E-state index contributed by atoms with van der Waals surface area (Å²) in [6.07, 6.45) is 0. The fourth-order valence-electron chi connectivity index (χ4n) is 1.45. The molecule has 1 aromatic carbocycles. The number of hydrogen-bond donors (Lipinski definition) is 1. The number of halogens is 5. The van der Waals surface area contributed by atoms with Gasteiger partial charge in [0.1, 0.15) is 10.0 Å². The first-order valence-electron chi connectivity index (χ1n) is 5.22. The highest BCUT2D eigenvalue weighted by Gasteiger charge is 2.19. The topological polar surface area (TPSA) is 68.1 Å². The van der Waals surface area contributed by atoms with Crippen LogP contribution in [-0.2, 0) is 0 Å². The van der Waals surface area contributed by atoms with E-state index in [1.807, 2.05) is 0 Å². The third-order valence-corrected chi connectivity index (χ3v) is 3.77. The van der Waals surface area contributed by atoms with E-state index in [-0.39, 0.29) is 17.1 Å². The number of non-ortho nitro benzene ring substituents is 1. The van der Waals surface area contributed by atoms with Crippen LogP contribution in [0.15, 0.2) is 22.7 Å². The van der Waals surface area contributed by atoms with Gasteiger partial charge in [0.25, 0.3) is 5.69 Å². The molecular formula is C11H4BrCl2F2N3O2. The molecule has 110 valence electrons. The van der Waals surface area contributed by atoms with Gasteiger partial charge >= 0.3 is 0 Å². The highest BCUT2D eigenvalue weighted by Crippen LogP contribution is 2.37. The molecule has 1 N–H and O–H groups in total. The molecule has 0 atom stereocenters. The summed E-state index contributed by atoms with van der Waals surface area (Å²) in [6, 6.07) is 3.77. The van der Waals surface area contributed by atoms with Crippen LogP contribution in [0.5, 0.6) is 0 Å². The Morgan fingerprint density at radius 1 is 1.24 bits per heavy atom. The second-order valence-electron chi connectivity index (χ2n) is 3.74. The van der Waals surface area contributed by atoms with Crippen molar-refractivity contribution in [1.29, 1.82) is 0 Å². The molecule has 0 aliphatic rings. The minimum Gasteiger partial charge on any atom is -0.352 e. The molecule has 5 nitrogen and oxygen atoms in total. The molecule has 0 aliphatic heterocycles. The van der Waals surface area contributed by atoms with Crippen LogP contribution in [0.2, 0.25) is 10.0 Å². The van der Waals surface area contributed by atoms with Crippen LogP contribution in [0.4, 0.5) is 25.8 Å². The van der Waals surface area contributed by atoms with Crippen molar-refractivity contribution in [1.82, 2.24) is 4.98 Å². The van der Waals surface area contributed by atoms with Gasteiger partial charge in [0.15, 0.2) is 0 Å². The number of nitrogens with zero attached hydrogens (tertiary/aromatic N) is 2. The molecule has 0 aliphatic carbocycles. The van der Waals surface area contributed by atoms with Gasteiger partial charge in [0.2, 0.25) is 11.9 Å². The summed E-state index contributed by atoms with van der Waals surface area (Å²) in [5, 5.41) is 12.3. The largest absolute Gasteiger partial charge is 0.352 e. The zero-order chi connectivity index (χ0) is 15.7. The third kappa shape index (κ3) is 3.22. The summed E-state index contributed by atoms with van der Waals surface area (Å²) >= 11 is 14.5. The Bertz CT molecular complexity index is 720. The summed E-state index contributed by atoms with van der Waals surface area (Å²) in [4.78, 5) is 12.9. The fourth-order valence-corrected chi connectivity index (χ4v) is 2.33. The van der Waals surface area contributed by atoms with Crippen molar-refractivity contribution in [3.05, 3.63) is 54.7 Å². The van der Waals surface area contributed by atoms with Crippen molar-refractivity contribution < 1.29 is 13.7 Å². The van der Waals surface area contributed by atoms with E-state index in [0.717, 1.165) is 0 Å². The summed E-state index contributed by atoms with van der Waals surface area (Å²) in [5.74, 6) is -2.45. The average Bonchev–Trinajstić information content (AvgIpc) is 2.42. The van der Waals surface area contributed by atoms with E-state index in [4.69, 9.17) is 23.2 Å². The first kappa shape index (κ1) is 15.9. The second-order valence-corrected chi connectivity index (χ2v) is 5.35. The van der Waals surface area contributed by atoms with Crippen LogP contribution in [0.1, 0.15) is 0 Å². The third-order valence-electron chi connectivity index (χ3n) is 2.42. The molecule has 21 heavy (non-hydrogen) atoms. The lowest BCUT2D eigenvalue weighted by Gasteiger charge is -2.12. The Hall–Kier alpha value is -1.51. The van der Waals surface area contributed by atoms with Crippen molar-refractivity contribution in [2.24, 2.45) is 0 Å². The number of aromatic nitrogens is 1. The van der Waals surface area contributed by atoms with Crippen LogP contribution >= 0.6 is 39.1 Å². The first-order chi connectivity index (χ1) is 9.81. The van der Waals surface area contributed by atoms with Crippen LogP contribution in [0.3, 0.4) is 0 Å². The number of nitrogens with one attached hydrogen (secondary N) is 1. The van der Waals surface area contributed by atoms with Crippen LogP contribution in [0, 0.1) is 22.0 Å². The molecule has 0 saturated heterocycles. The smallest absolute Gasteiger partial charge is 0.270 e. The average molecular weight is 399 g/mol. The van der Waals surface area contributed by atoms with Crippen molar-refractivity contribution in [2.45, 2.75) is 0 Å². The van der Waals surface area contributed by atoms with Crippen molar-refractivity contribution in [2.75, 3.05) is 5.32 Å². The van der Waals surface area contributed by atoms with Crippen LogP contribution < -0.4 is 5.32 Å². The SMILES string of the molecule is O=[N+]([O-])c1ccc(Nc2c(Cl)c(F)nc(F)c2Cl)c(Br)c1. The van der Waals surface area contributed by atoms with Gasteiger partial charge in [-0.1, -0.05) is 23.2 Å². The molecule has 0 radical (unpaired) electrons. The fraction of sp³-hybridized carbons (Fsp3) is 0. The number of nitro benzene ring substituents is 1. The predicted octanol–water partition coefficient (Wildman–Crippen LogP) is 5.08. The number of nitro groups is 1. The van der Waals surface area contributed by atoms with E-state index in [1.54, 1.807) is 0 Å². The highest BCUT2D eigenvalue weighted by molar-refractivity contribution is 9.10. The molecule has 1 aromatic heterocycles. The zero-order valence-corrected chi connectivity index (χ0v) is 12.9. The van der Waals surface area contributed by atoms with Crippen molar-refractivity contribution in [3.63, 3.8) is 0 Å². The quantitative estimate of drug-likeness (QED) is 0.444. The zero-order valence-electron chi connectivity index (χ0n) is 9.83. The van der Waals surface area contributed by atoms with E-state index in [2.05, 4.69) is 26.2 Å². The Morgan fingerprint density at radius 3 is 2.29 bits per heavy atom. The minimum atomic E-state index is -1.22. The Labute approximate surface area is 135 Å². The maximum Gasteiger partial charge on any atom is 0.270 e. The molecular weight excluding hydrogens is 395 g/mol. The van der Waals surface area contributed by atoms with Gasteiger partial charge in [-0.05, 0) is 22.0 Å². The molecule has 2 aromatic rings. The standard InChI is InChI=1S/C11H4BrCl2F2N3O2/c12-5-3-4(19(20)21)1-2-6(5)17-9-7(13)10(15)18-11(16)8(9)14/h1-3H,(H,17,18). The molecule has 0 spiro atoms. The molecule has 0 unspecified atom stereocenters. The minimum absolute atomic E-state index is 0.156. The van der Waals surface area contributed by atoms with E-state index in [0.29, 0.717) is 4.47 Å². The molecule has 1 heterocycles. The van der Waals surface area contributed by atoms with Gasteiger partial charge in [-0.3, -0.25) is 10.1 Å². The van der Waals surface area contributed by atoms with Gasteiger partial charge in [0, 0.05) is 16.6 Å². The Kier molecular flexibility index (Phi) is 4.60. The van der Waals surface area contributed by atoms with Crippen molar-refractivity contribution in [3.8, 4) is 0 Å². The van der Waals surface area contributed by atoms with Crippen molar-refractivity contribution >= 4 is 56.2 Å². The van der Waals surface area contributed by atoms with E-state index in [9.17, 15) is 18.9 Å². The normalized spacial score (nSPS) is 10.5. The monoisotopic (exact) mass is 397 g/mol. The molecule has 2 rings (SSSR count). The van der Waals surface area contributed by atoms with E-state index in [1.165, 1.54) is 18.2 Å². The lowest BCUT2D eigenvalue weighted by atomic mass is 10.2. The maximum atomic E-state index is 13.3. The number of pyridine rings is 1. The number of benzene rings is 1. The number of hydrogen-bond acceptors (Lipinski definition) is 4. The first-order valence-corrected chi connectivity index (χ1v) is 6.77. The number of anilines is 2. The van der Waals surface area contributed by atoms with Gasteiger partial charge in [-0.2, -0.15) is 13.8 Å². The summed E-state index contributed by atoms with van der Waals surface area (Å²) in [7, 11) is 0. The predicted molar refractivity (Wildman–Crippen MR) is 78.3 cm³/mol. The van der Waals surface area contributed by atoms with Gasteiger partial charge < -0.3 is 5.32 Å². The highest BCUT2D eigenvalue weighted by atomic mass is 79.9. The summed E-state index contributed by atoms with van der Waals surface area (Å²) in [5.41, 5.74) is -0.0935. The summed E-state index contributed by atoms with van der Waals surface area (Å²) < 4.78 is 26.9. The van der Waals surface area contributed by atoms with E-state index >= 15 is 0 Å². The lowest BCUT2D eigenvalue weighted by Crippen LogP contribution is -2.00. The Balaban J connectivity index is 2.46. The van der Waals surface area contributed by atoms with E-state index < -0.39 is 26.9 Å². The van der Waals surface area contributed by atoms with Gasteiger partial charge in [-0.15, -0.1) is 0 Å². The van der Waals surface area contributed by atoms with Gasteiger partial charge in [0.05, 0.1) is 16.3 Å². The van der Waals surface area contributed by atoms with Crippen LogP contribution in [0.25, 0.3) is 0 Å². The molecule has 10 heteroatoms. The molecule has 0 amide bonds.